The molecular weight excluding hydrogens is 327 g/mol. The minimum absolute atomic E-state index is 0.340. The number of hydrogen-bond donors (Lipinski definition) is 0. The summed E-state index contributed by atoms with van der Waals surface area (Å²) in [7, 11) is 1.65. The second-order valence-corrected chi connectivity index (χ2v) is 6.30. The molecule has 0 aromatic heterocycles. The van der Waals surface area contributed by atoms with Gasteiger partial charge in [0.15, 0.2) is 0 Å². The van der Waals surface area contributed by atoms with Crippen molar-refractivity contribution < 1.29 is 9.47 Å². The second-order valence-electron chi connectivity index (χ2n) is 4.24. The summed E-state index contributed by atoms with van der Waals surface area (Å²) < 4.78 is 12.3. The predicted molar refractivity (Wildman–Crippen MR) is 89.6 cm³/mol. The summed E-state index contributed by atoms with van der Waals surface area (Å²) in [5, 5.41) is 0. The van der Waals surface area contributed by atoms with Crippen LogP contribution in [0, 0.1) is 0 Å². The van der Waals surface area contributed by atoms with Crippen molar-refractivity contribution in [2.24, 2.45) is 0 Å². The first-order chi connectivity index (χ1) is 10.3. The van der Waals surface area contributed by atoms with Crippen molar-refractivity contribution in [2.45, 2.75) is 0 Å². The van der Waals surface area contributed by atoms with Crippen LogP contribution in [-0.4, -0.2) is 28.7 Å². The molecule has 2 rings (SSSR count). The van der Waals surface area contributed by atoms with Gasteiger partial charge in [-0.05, 0) is 0 Å². The number of benzene rings is 2. The molecular formula is C18H18O2Se. The summed E-state index contributed by atoms with van der Waals surface area (Å²) in [6.07, 6.45) is 3.84. The van der Waals surface area contributed by atoms with Crippen LogP contribution in [0.4, 0.5) is 0 Å². The molecule has 0 N–H and O–H groups in total. The van der Waals surface area contributed by atoms with E-state index in [9.17, 15) is 0 Å². The van der Waals surface area contributed by atoms with Crippen LogP contribution in [0.5, 0.6) is 11.5 Å². The van der Waals surface area contributed by atoms with Crippen LogP contribution in [-0.2, 0) is 0 Å². The van der Waals surface area contributed by atoms with Crippen LogP contribution < -0.4 is 13.9 Å². The van der Waals surface area contributed by atoms with Crippen molar-refractivity contribution >= 4 is 25.5 Å². The maximum atomic E-state index is 5.54. The molecule has 0 aliphatic carbocycles. The van der Waals surface area contributed by atoms with E-state index in [0.29, 0.717) is 21.6 Å². The standard InChI is InChI=1S/C18H18O2Se/c1-3-12-20-17-10-9-15(14-18(17)19-2)11-13-21-16-7-5-4-6-8-16/h3-11,13-14H,1,12H2,2H3/b13-11+. The fraction of sp³-hybridized carbons (Fsp3) is 0.111. The molecule has 0 aliphatic heterocycles. The van der Waals surface area contributed by atoms with Crippen LogP contribution in [0.15, 0.2) is 66.2 Å². The van der Waals surface area contributed by atoms with E-state index in [2.05, 4.69) is 41.9 Å². The molecule has 0 amide bonds. The molecule has 0 fully saturated rings. The third-order valence-corrected chi connectivity index (χ3v) is 4.47. The Morgan fingerprint density at radius 3 is 2.62 bits per heavy atom. The molecule has 0 spiro atoms. The van der Waals surface area contributed by atoms with E-state index >= 15 is 0 Å². The molecule has 0 saturated carbocycles. The molecule has 0 bridgehead atoms. The Bertz CT molecular complexity index is 606. The van der Waals surface area contributed by atoms with Crippen LogP contribution >= 0.6 is 0 Å². The third kappa shape index (κ3) is 4.82. The van der Waals surface area contributed by atoms with Gasteiger partial charge in [0, 0.05) is 0 Å². The van der Waals surface area contributed by atoms with Crippen molar-refractivity contribution in [3.05, 3.63) is 71.7 Å². The molecule has 0 radical (unpaired) electrons. The molecule has 0 saturated heterocycles. The molecule has 21 heavy (non-hydrogen) atoms. The Kier molecular flexibility index (Phi) is 6.14. The zero-order chi connectivity index (χ0) is 14.9. The number of ether oxygens (including phenoxy) is 2. The van der Waals surface area contributed by atoms with E-state index in [1.807, 2.05) is 24.3 Å². The van der Waals surface area contributed by atoms with E-state index in [1.165, 1.54) is 4.46 Å². The molecule has 0 unspecified atom stereocenters. The van der Waals surface area contributed by atoms with Gasteiger partial charge in [-0.2, -0.15) is 0 Å². The van der Waals surface area contributed by atoms with Crippen LogP contribution in [0.1, 0.15) is 5.56 Å². The minimum atomic E-state index is 0.340. The molecule has 2 nitrogen and oxygen atoms in total. The maximum absolute atomic E-state index is 5.54. The van der Waals surface area contributed by atoms with Gasteiger partial charge in [-0.15, -0.1) is 0 Å². The first kappa shape index (κ1) is 15.4. The molecule has 0 atom stereocenters. The Hall–Kier alpha value is -1.96. The summed E-state index contributed by atoms with van der Waals surface area (Å²) >= 11 is 0.340. The van der Waals surface area contributed by atoms with E-state index in [-0.39, 0.29) is 0 Å². The first-order valence-electron chi connectivity index (χ1n) is 6.63. The van der Waals surface area contributed by atoms with Gasteiger partial charge in [0.05, 0.1) is 0 Å². The van der Waals surface area contributed by atoms with Gasteiger partial charge in [-0.1, -0.05) is 0 Å². The Morgan fingerprint density at radius 2 is 1.90 bits per heavy atom. The molecule has 3 heteroatoms. The summed E-state index contributed by atoms with van der Waals surface area (Å²) in [5.74, 6) is 1.48. The van der Waals surface area contributed by atoms with Crippen LogP contribution in [0.2, 0.25) is 0 Å². The average Bonchev–Trinajstić information content (AvgIpc) is 2.54. The predicted octanol–water partition coefficient (Wildman–Crippen LogP) is 3.26. The fourth-order valence-electron chi connectivity index (χ4n) is 1.75. The van der Waals surface area contributed by atoms with Crippen LogP contribution in [0.3, 0.4) is 0 Å². The molecule has 0 aliphatic rings. The number of methoxy groups -OCH3 is 1. The first-order valence-corrected chi connectivity index (χ1v) is 8.48. The SMILES string of the molecule is C=CCOc1ccc(/C=C/[Se]c2ccccc2)cc1OC. The number of rotatable bonds is 7. The van der Waals surface area contributed by atoms with E-state index in [0.717, 1.165) is 17.1 Å². The summed E-state index contributed by atoms with van der Waals surface area (Å²) in [5.41, 5.74) is 1.11. The van der Waals surface area contributed by atoms with E-state index in [4.69, 9.17) is 9.47 Å². The van der Waals surface area contributed by atoms with Crippen molar-refractivity contribution in [1.82, 2.24) is 0 Å². The van der Waals surface area contributed by atoms with E-state index < -0.39 is 0 Å². The van der Waals surface area contributed by atoms with Crippen molar-refractivity contribution in [2.75, 3.05) is 13.7 Å². The van der Waals surface area contributed by atoms with Crippen LogP contribution in [0.25, 0.3) is 6.08 Å². The molecule has 2 aromatic carbocycles. The summed E-state index contributed by atoms with van der Waals surface area (Å²) in [4.78, 5) is 2.21. The van der Waals surface area contributed by atoms with Gasteiger partial charge >= 0.3 is 132 Å². The van der Waals surface area contributed by atoms with Gasteiger partial charge in [0.2, 0.25) is 0 Å². The topological polar surface area (TPSA) is 18.5 Å². The van der Waals surface area contributed by atoms with Gasteiger partial charge in [0.1, 0.15) is 0 Å². The number of hydrogen-bond acceptors (Lipinski definition) is 2. The fourth-order valence-corrected chi connectivity index (χ4v) is 3.21. The normalized spacial score (nSPS) is 10.5. The monoisotopic (exact) mass is 346 g/mol. The zero-order valence-electron chi connectivity index (χ0n) is 12.0. The quantitative estimate of drug-likeness (QED) is 0.567. The zero-order valence-corrected chi connectivity index (χ0v) is 13.7. The second kappa shape index (κ2) is 8.35. The Morgan fingerprint density at radius 1 is 1.10 bits per heavy atom. The Labute approximate surface area is 132 Å². The van der Waals surface area contributed by atoms with Crippen molar-refractivity contribution in [1.29, 1.82) is 0 Å². The third-order valence-electron chi connectivity index (χ3n) is 2.75. The molecule has 0 heterocycles. The van der Waals surface area contributed by atoms with E-state index in [1.54, 1.807) is 13.2 Å². The van der Waals surface area contributed by atoms with Gasteiger partial charge in [0.25, 0.3) is 0 Å². The van der Waals surface area contributed by atoms with Gasteiger partial charge in [-0.25, -0.2) is 0 Å². The molecule has 2 aromatic rings. The summed E-state index contributed by atoms with van der Waals surface area (Å²) in [6, 6.07) is 16.4. The van der Waals surface area contributed by atoms with Gasteiger partial charge < -0.3 is 0 Å². The Balaban J connectivity index is 2.04. The summed E-state index contributed by atoms with van der Waals surface area (Å²) in [6.45, 7) is 4.12. The molecule has 108 valence electrons. The average molecular weight is 345 g/mol. The van der Waals surface area contributed by atoms with Crippen molar-refractivity contribution in [3.8, 4) is 11.5 Å². The van der Waals surface area contributed by atoms with Gasteiger partial charge in [-0.3, -0.25) is 0 Å². The van der Waals surface area contributed by atoms with Crippen molar-refractivity contribution in [3.63, 3.8) is 0 Å².